The number of hydrogen-bond donors (Lipinski definition) is 1. The molecule has 1 saturated carbocycles. The van der Waals surface area contributed by atoms with Gasteiger partial charge in [0.05, 0.1) is 0 Å². The highest BCUT2D eigenvalue weighted by Crippen LogP contribution is 2.27. The first kappa shape index (κ1) is 15.3. The van der Waals surface area contributed by atoms with Gasteiger partial charge >= 0.3 is 0 Å². The molecule has 2 fully saturated rings. The summed E-state index contributed by atoms with van der Waals surface area (Å²) in [5.74, 6) is 0.208. The van der Waals surface area contributed by atoms with E-state index in [4.69, 9.17) is 0 Å². The molecule has 0 aromatic heterocycles. The van der Waals surface area contributed by atoms with Crippen LogP contribution in [-0.4, -0.2) is 34.8 Å². The molecule has 0 bridgehead atoms. The predicted octanol–water partition coefficient (Wildman–Crippen LogP) is 2.61. The van der Waals surface area contributed by atoms with E-state index in [1.165, 1.54) is 25.7 Å². The molecule has 4 heteroatoms. The molecule has 2 rings (SSSR count). The van der Waals surface area contributed by atoms with Crippen molar-refractivity contribution in [1.82, 2.24) is 10.2 Å². The van der Waals surface area contributed by atoms with E-state index in [2.05, 4.69) is 12.2 Å². The maximum atomic E-state index is 12.7. The highest BCUT2D eigenvalue weighted by molar-refractivity contribution is 5.97. The average molecular weight is 280 g/mol. The van der Waals surface area contributed by atoms with Crippen LogP contribution in [0.1, 0.15) is 71.6 Å². The largest absolute Gasteiger partial charge is 0.343 e. The Morgan fingerprint density at radius 2 is 1.75 bits per heavy atom. The lowest BCUT2D eigenvalue weighted by Gasteiger charge is -2.43. The molecule has 1 N–H and O–H groups in total. The molecule has 1 saturated heterocycles. The summed E-state index contributed by atoms with van der Waals surface area (Å²) in [5, 5.41) is 2.91. The number of carbonyl (C=O) groups excluding carboxylic acids is 2. The molecular formula is C16H28N2O2. The number of rotatable bonds is 4. The number of hydrogen-bond acceptors (Lipinski definition) is 2. The summed E-state index contributed by atoms with van der Waals surface area (Å²) in [5.41, 5.74) is 0. The molecule has 2 unspecified atom stereocenters. The fraction of sp³-hybridized carbons (Fsp3) is 0.875. The minimum Gasteiger partial charge on any atom is -0.343 e. The second kappa shape index (κ2) is 7.09. The lowest BCUT2D eigenvalue weighted by atomic mass is 9.96. The molecule has 20 heavy (non-hydrogen) atoms. The van der Waals surface area contributed by atoms with Crippen molar-refractivity contribution < 1.29 is 9.59 Å². The molecular weight excluding hydrogens is 252 g/mol. The first-order valence-corrected chi connectivity index (χ1v) is 8.31. The van der Waals surface area contributed by atoms with Gasteiger partial charge in [-0.2, -0.15) is 0 Å². The maximum Gasteiger partial charge on any atom is 0.246 e. The van der Waals surface area contributed by atoms with Gasteiger partial charge in [-0.1, -0.05) is 46.0 Å². The monoisotopic (exact) mass is 280 g/mol. The van der Waals surface area contributed by atoms with Gasteiger partial charge in [-0.3, -0.25) is 9.59 Å². The van der Waals surface area contributed by atoms with Crippen molar-refractivity contribution in [2.45, 2.75) is 89.8 Å². The Morgan fingerprint density at radius 1 is 1.10 bits per heavy atom. The lowest BCUT2D eigenvalue weighted by Crippen LogP contribution is -2.65. The standard InChI is InChI=1S/C16H28N2O2/c1-3-9-14-15(19)17-13(4-2)16(20)18(14)12-10-7-5-6-8-11-12/h12-14H,3-11H2,1-2H3,(H,17,19). The van der Waals surface area contributed by atoms with E-state index in [1.807, 2.05) is 11.8 Å². The number of amides is 2. The van der Waals surface area contributed by atoms with E-state index in [0.29, 0.717) is 6.42 Å². The Hall–Kier alpha value is -1.06. The first-order chi connectivity index (χ1) is 9.69. The summed E-state index contributed by atoms with van der Waals surface area (Å²) < 4.78 is 0. The summed E-state index contributed by atoms with van der Waals surface area (Å²) in [6, 6.07) is -0.265. The second-order valence-corrected chi connectivity index (χ2v) is 6.16. The molecule has 1 heterocycles. The summed E-state index contributed by atoms with van der Waals surface area (Å²) in [6.45, 7) is 4.04. The van der Waals surface area contributed by atoms with E-state index in [9.17, 15) is 9.59 Å². The molecule has 0 aromatic carbocycles. The highest BCUT2D eigenvalue weighted by atomic mass is 16.2. The van der Waals surface area contributed by atoms with Crippen LogP contribution in [0.5, 0.6) is 0 Å². The third kappa shape index (κ3) is 3.15. The molecule has 2 amide bonds. The van der Waals surface area contributed by atoms with Gasteiger partial charge in [-0.25, -0.2) is 0 Å². The summed E-state index contributed by atoms with van der Waals surface area (Å²) >= 11 is 0. The van der Waals surface area contributed by atoms with Crippen LogP contribution < -0.4 is 5.32 Å². The van der Waals surface area contributed by atoms with Gasteiger partial charge in [-0.15, -0.1) is 0 Å². The smallest absolute Gasteiger partial charge is 0.246 e. The zero-order chi connectivity index (χ0) is 14.5. The van der Waals surface area contributed by atoms with E-state index in [0.717, 1.165) is 25.7 Å². The minimum atomic E-state index is -0.307. The Morgan fingerprint density at radius 3 is 2.30 bits per heavy atom. The van der Waals surface area contributed by atoms with Gasteiger partial charge in [0, 0.05) is 6.04 Å². The summed E-state index contributed by atoms with van der Waals surface area (Å²) in [7, 11) is 0. The van der Waals surface area contributed by atoms with Crippen molar-refractivity contribution in [1.29, 1.82) is 0 Å². The predicted molar refractivity (Wildman–Crippen MR) is 79.3 cm³/mol. The van der Waals surface area contributed by atoms with Gasteiger partial charge in [-0.05, 0) is 25.7 Å². The second-order valence-electron chi connectivity index (χ2n) is 6.16. The molecule has 1 aliphatic carbocycles. The van der Waals surface area contributed by atoms with Crippen LogP contribution in [-0.2, 0) is 9.59 Å². The van der Waals surface area contributed by atoms with Crippen molar-refractivity contribution in [3.63, 3.8) is 0 Å². The number of piperazine rings is 1. The molecule has 114 valence electrons. The van der Waals surface area contributed by atoms with Gasteiger partial charge in [0.2, 0.25) is 11.8 Å². The number of nitrogens with zero attached hydrogens (tertiary/aromatic N) is 1. The number of nitrogens with one attached hydrogen (secondary N) is 1. The molecule has 4 nitrogen and oxygen atoms in total. The molecule has 0 spiro atoms. The van der Waals surface area contributed by atoms with Crippen molar-refractivity contribution in [2.75, 3.05) is 0 Å². The molecule has 1 aliphatic heterocycles. The maximum absolute atomic E-state index is 12.7. The Labute approximate surface area is 122 Å². The zero-order valence-corrected chi connectivity index (χ0v) is 12.9. The van der Waals surface area contributed by atoms with Crippen LogP contribution in [0.2, 0.25) is 0 Å². The zero-order valence-electron chi connectivity index (χ0n) is 12.9. The van der Waals surface area contributed by atoms with E-state index < -0.39 is 0 Å². The Bertz CT molecular complexity index is 348. The molecule has 2 aliphatic rings. The van der Waals surface area contributed by atoms with Gasteiger partial charge in [0.15, 0.2) is 0 Å². The highest BCUT2D eigenvalue weighted by Gasteiger charge is 2.42. The number of carbonyl (C=O) groups is 2. The lowest BCUT2D eigenvalue weighted by molar-refractivity contribution is -0.153. The van der Waals surface area contributed by atoms with Crippen molar-refractivity contribution >= 4 is 11.8 Å². The summed E-state index contributed by atoms with van der Waals surface area (Å²) in [4.78, 5) is 27.0. The average Bonchev–Trinajstić information content (AvgIpc) is 2.72. The fourth-order valence-electron chi connectivity index (χ4n) is 3.58. The van der Waals surface area contributed by atoms with Crippen molar-refractivity contribution in [3.8, 4) is 0 Å². The molecule has 2 atom stereocenters. The molecule has 0 aromatic rings. The van der Waals surface area contributed by atoms with E-state index in [1.54, 1.807) is 0 Å². The topological polar surface area (TPSA) is 49.4 Å². The van der Waals surface area contributed by atoms with Crippen molar-refractivity contribution in [2.24, 2.45) is 0 Å². The Kier molecular flexibility index (Phi) is 5.44. The van der Waals surface area contributed by atoms with E-state index >= 15 is 0 Å². The van der Waals surface area contributed by atoms with Gasteiger partial charge < -0.3 is 10.2 Å². The van der Waals surface area contributed by atoms with Crippen LogP contribution in [0.25, 0.3) is 0 Å². The fourth-order valence-corrected chi connectivity index (χ4v) is 3.58. The SMILES string of the molecule is CCCC1C(=O)NC(CC)C(=O)N1C1CCCCCC1. The van der Waals surface area contributed by atoms with Crippen LogP contribution in [0.15, 0.2) is 0 Å². The third-order valence-corrected chi connectivity index (χ3v) is 4.70. The Balaban J connectivity index is 2.20. The van der Waals surface area contributed by atoms with Crippen LogP contribution >= 0.6 is 0 Å². The minimum absolute atomic E-state index is 0.0579. The molecule has 0 radical (unpaired) electrons. The summed E-state index contributed by atoms with van der Waals surface area (Å²) in [6.07, 6.45) is 9.44. The van der Waals surface area contributed by atoms with Gasteiger partial charge in [0.25, 0.3) is 0 Å². The normalized spacial score (nSPS) is 29.2. The quantitative estimate of drug-likeness (QED) is 0.805. The van der Waals surface area contributed by atoms with Crippen molar-refractivity contribution in [3.05, 3.63) is 0 Å². The van der Waals surface area contributed by atoms with Crippen LogP contribution in [0.4, 0.5) is 0 Å². The third-order valence-electron chi connectivity index (χ3n) is 4.70. The first-order valence-electron chi connectivity index (χ1n) is 8.31. The van der Waals surface area contributed by atoms with E-state index in [-0.39, 0.29) is 29.9 Å². The van der Waals surface area contributed by atoms with Gasteiger partial charge in [0.1, 0.15) is 12.1 Å². The van der Waals surface area contributed by atoms with Crippen LogP contribution in [0.3, 0.4) is 0 Å². The van der Waals surface area contributed by atoms with Crippen LogP contribution in [0, 0.1) is 0 Å².